The maximum atomic E-state index is 12.5. The van der Waals surface area contributed by atoms with Gasteiger partial charge in [-0.05, 0) is 31.4 Å². The molecule has 0 saturated carbocycles. The van der Waals surface area contributed by atoms with Crippen LogP contribution >= 0.6 is 23.4 Å². The third-order valence-corrected chi connectivity index (χ3v) is 4.42. The molecular weight excluding hydrogens is 327 g/mol. The van der Waals surface area contributed by atoms with Crippen LogP contribution in [0.5, 0.6) is 0 Å². The largest absolute Gasteiger partial charge is 0.416 e. The van der Waals surface area contributed by atoms with Crippen molar-refractivity contribution in [3.63, 3.8) is 0 Å². The molecule has 1 rings (SSSR count). The predicted octanol–water partition coefficient (Wildman–Crippen LogP) is 3.20. The average Bonchev–Trinajstić information content (AvgIpc) is 2.38. The molecule has 1 amide bonds. The van der Waals surface area contributed by atoms with E-state index in [2.05, 4.69) is 5.32 Å². The number of hydrogen-bond acceptors (Lipinski definition) is 3. The Balaban J connectivity index is 2.89. The first kappa shape index (κ1) is 18.1. The van der Waals surface area contributed by atoms with Crippen LogP contribution in [0, 0.1) is 0 Å². The second-order valence-corrected chi connectivity index (χ2v) is 5.90. The van der Waals surface area contributed by atoms with Gasteiger partial charge in [0.05, 0.1) is 22.8 Å². The molecule has 2 atom stereocenters. The molecule has 1 aromatic carbocycles. The van der Waals surface area contributed by atoms with Crippen molar-refractivity contribution in [3.8, 4) is 0 Å². The highest BCUT2D eigenvalue weighted by atomic mass is 35.5. The second-order valence-electron chi connectivity index (χ2n) is 4.41. The number of halogens is 4. The highest BCUT2D eigenvalue weighted by Gasteiger charge is 2.31. The number of alkyl halides is 3. The minimum Gasteiger partial charge on any atom is -0.395 e. The van der Waals surface area contributed by atoms with Crippen LogP contribution in [0.1, 0.15) is 22.8 Å². The third kappa shape index (κ3) is 4.79. The second kappa shape index (κ2) is 7.38. The molecule has 0 fully saturated rings. The summed E-state index contributed by atoms with van der Waals surface area (Å²) in [5, 5.41) is 11.3. The molecule has 0 aliphatic carbocycles. The number of thioether (sulfide) groups is 1. The fraction of sp³-hybridized carbons (Fsp3) is 0.462. The van der Waals surface area contributed by atoms with Gasteiger partial charge in [0.15, 0.2) is 0 Å². The molecule has 0 saturated heterocycles. The molecule has 1 aromatic rings. The van der Waals surface area contributed by atoms with E-state index < -0.39 is 17.6 Å². The lowest BCUT2D eigenvalue weighted by Gasteiger charge is -2.21. The number of aliphatic hydroxyl groups excluding tert-OH is 1. The lowest BCUT2D eigenvalue weighted by molar-refractivity contribution is -0.137. The zero-order chi connectivity index (χ0) is 16.2. The molecule has 0 aromatic heterocycles. The zero-order valence-electron chi connectivity index (χ0n) is 11.4. The van der Waals surface area contributed by atoms with Gasteiger partial charge in [0.2, 0.25) is 0 Å². The van der Waals surface area contributed by atoms with Crippen molar-refractivity contribution < 1.29 is 23.1 Å². The summed E-state index contributed by atoms with van der Waals surface area (Å²) in [6, 6.07) is 2.22. The average molecular weight is 342 g/mol. The van der Waals surface area contributed by atoms with Crippen LogP contribution in [0.2, 0.25) is 5.02 Å². The number of carbonyl (C=O) groups excluding carboxylic acids is 1. The number of amides is 1. The van der Waals surface area contributed by atoms with E-state index in [9.17, 15) is 18.0 Å². The van der Waals surface area contributed by atoms with Crippen LogP contribution < -0.4 is 5.32 Å². The van der Waals surface area contributed by atoms with Gasteiger partial charge in [-0.1, -0.05) is 11.6 Å². The third-order valence-electron chi connectivity index (χ3n) is 2.94. The van der Waals surface area contributed by atoms with Crippen molar-refractivity contribution in [2.45, 2.75) is 24.4 Å². The van der Waals surface area contributed by atoms with Crippen molar-refractivity contribution in [3.05, 3.63) is 34.3 Å². The SMILES string of the molecule is CS[C@@H](CO)[C@H](C)NC(=O)c1ccc(C(F)(F)F)cc1Cl. The van der Waals surface area contributed by atoms with E-state index >= 15 is 0 Å². The van der Waals surface area contributed by atoms with Crippen LogP contribution in [0.3, 0.4) is 0 Å². The van der Waals surface area contributed by atoms with Crippen molar-refractivity contribution in [2.24, 2.45) is 0 Å². The first-order chi connectivity index (χ1) is 9.70. The van der Waals surface area contributed by atoms with E-state index in [0.717, 1.165) is 18.2 Å². The molecule has 118 valence electrons. The summed E-state index contributed by atoms with van der Waals surface area (Å²) in [4.78, 5) is 12.0. The van der Waals surface area contributed by atoms with Crippen molar-refractivity contribution >= 4 is 29.3 Å². The molecule has 3 nitrogen and oxygen atoms in total. The number of carbonyl (C=O) groups is 1. The summed E-state index contributed by atoms with van der Waals surface area (Å²) in [7, 11) is 0. The van der Waals surface area contributed by atoms with Crippen LogP contribution in [-0.4, -0.2) is 35.2 Å². The number of hydrogen-bond donors (Lipinski definition) is 2. The molecule has 21 heavy (non-hydrogen) atoms. The van der Waals surface area contributed by atoms with Crippen molar-refractivity contribution in [1.29, 1.82) is 0 Å². The topological polar surface area (TPSA) is 49.3 Å². The van der Waals surface area contributed by atoms with E-state index in [1.165, 1.54) is 11.8 Å². The number of rotatable bonds is 5. The number of benzene rings is 1. The van der Waals surface area contributed by atoms with E-state index in [0.29, 0.717) is 0 Å². The first-order valence-electron chi connectivity index (χ1n) is 6.02. The maximum Gasteiger partial charge on any atom is 0.416 e. The lowest BCUT2D eigenvalue weighted by atomic mass is 10.1. The molecule has 2 N–H and O–H groups in total. The highest BCUT2D eigenvalue weighted by molar-refractivity contribution is 7.99. The Labute approximate surface area is 129 Å². The molecule has 0 unspecified atom stereocenters. The molecule has 0 radical (unpaired) electrons. The Morgan fingerprint density at radius 2 is 2.10 bits per heavy atom. The molecule has 0 aliphatic heterocycles. The van der Waals surface area contributed by atoms with Gasteiger partial charge in [-0.15, -0.1) is 0 Å². The van der Waals surface area contributed by atoms with Crippen LogP contribution in [0.25, 0.3) is 0 Å². The fourth-order valence-electron chi connectivity index (χ4n) is 1.69. The highest BCUT2D eigenvalue weighted by Crippen LogP contribution is 2.32. The van der Waals surface area contributed by atoms with Gasteiger partial charge >= 0.3 is 6.18 Å². The summed E-state index contributed by atoms with van der Waals surface area (Å²) in [6.07, 6.45) is -2.72. The smallest absolute Gasteiger partial charge is 0.395 e. The van der Waals surface area contributed by atoms with Crippen molar-refractivity contribution in [1.82, 2.24) is 5.32 Å². The molecule has 8 heteroatoms. The molecular formula is C13H15ClF3NO2S. The summed E-state index contributed by atoms with van der Waals surface area (Å²) in [5.74, 6) is -0.575. The molecule has 0 aliphatic rings. The normalized spacial score (nSPS) is 14.6. The Morgan fingerprint density at radius 3 is 2.52 bits per heavy atom. The van der Waals surface area contributed by atoms with Crippen LogP contribution in [0.4, 0.5) is 13.2 Å². The van der Waals surface area contributed by atoms with E-state index in [-0.39, 0.29) is 28.5 Å². The van der Waals surface area contributed by atoms with Gasteiger partial charge in [-0.3, -0.25) is 4.79 Å². The van der Waals surface area contributed by atoms with Gasteiger partial charge in [0.1, 0.15) is 0 Å². The Kier molecular flexibility index (Phi) is 6.37. The summed E-state index contributed by atoms with van der Waals surface area (Å²) >= 11 is 7.12. The predicted molar refractivity (Wildman–Crippen MR) is 77.8 cm³/mol. The van der Waals surface area contributed by atoms with Crippen LogP contribution in [0.15, 0.2) is 18.2 Å². The molecule has 0 spiro atoms. The first-order valence-corrected chi connectivity index (χ1v) is 7.68. The Bertz CT molecular complexity index is 507. The summed E-state index contributed by atoms with van der Waals surface area (Å²) in [6.45, 7) is 1.58. The lowest BCUT2D eigenvalue weighted by Crippen LogP contribution is -2.41. The van der Waals surface area contributed by atoms with Gasteiger partial charge in [0, 0.05) is 11.3 Å². The number of aliphatic hydroxyl groups is 1. The van der Waals surface area contributed by atoms with E-state index in [1.807, 2.05) is 0 Å². The van der Waals surface area contributed by atoms with Gasteiger partial charge in [0.25, 0.3) is 5.91 Å². The van der Waals surface area contributed by atoms with Crippen LogP contribution in [-0.2, 0) is 6.18 Å². The molecule has 0 bridgehead atoms. The standard InChI is InChI=1S/C13H15ClF3NO2S/c1-7(11(6-19)21-2)18-12(20)9-4-3-8(5-10(9)14)13(15,16)17/h3-5,7,11,19H,6H2,1-2H3,(H,18,20)/t7-,11-/m0/s1. The summed E-state index contributed by atoms with van der Waals surface area (Å²) < 4.78 is 37.6. The van der Waals surface area contributed by atoms with Crippen molar-refractivity contribution in [2.75, 3.05) is 12.9 Å². The quantitative estimate of drug-likeness (QED) is 0.864. The van der Waals surface area contributed by atoms with Gasteiger partial charge in [-0.25, -0.2) is 0 Å². The minimum atomic E-state index is -4.51. The number of nitrogens with one attached hydrogen (secondary N) is 1. The monoisotopic (exact) mass is 341 g/mol. The Morgan fingerprint density at radius 1 is 1.48 bits per heavy atom. The zero-order valence-corrected chi connectivity index (χ0v) is 12.9. The summed E-state index contributed by atoms with van der Waals surface area (Å²) in [5.41, 5.74) is -0.941. The van der Waals surface area contributed by atoms with E-state index in [1.54, 1.807) is 13.2 Å². The van der Waals surface area contributed by atoms with Gasteiger partial charge < -0.3 is 10.4 Å². The maximum absolute atomic E-state index is 12.5. The minimum absolute atomic E-state index is 0.0330. The molecule has 0 heterocycles. The Hall–Kier alpha value is -0.920. The fourth-order valence-corrected chi connectivity index (χ4v) is 2.58. The van der Waals surface area contributed by atoms with E-state index in [4.69, 9.17) is 16.7 Å². The van der Waals surface area contributed by atoms with Gasteiger partial charge in [-0.2, -0.15) is 24.9 Å².